The summed E-state index contributed by atoms with van der Waals surface area (Å²) in [7, 11) is 0. The van der Waals surface area contributed by atoms with Gasteiger partial charge in [-0.2, -0.15) is 0 Å². The SMILES string of the molecule is Cc1ccc(-n2c(S[C@H](C)C(N)=O)nnc2-c2ccccc2)cc1. The number of hydrogen-bond acceptors (Lipinski definition) is 4. The first-order chi connectivity index (χ1) is 11.6. The number of nitrogens with two attached hydrogens (primary N) is 1. The van der Waals surface area contributed by atoms with Crippen molar-refractivity contribution in [2.75, 3.05) is 0 Å². The van der Waals surface area contributed by atoms with Gasteiger partial charge in [0.15, 0.2) is 11.0 Å². The molecule has 0 aliphatic carbocycles. The Labute approximate surface area is 144 Å². The number of carbonyl (C=O) groups excluding carboxylic acids is 1. The lowest BCUT2D eigenvalue weighted by Crippen LogP contribution is -2.23. The van der Waals surface area contributed by atoms with Gasteiger partial charge in [-0.1, -0.05) is 59.8 Å². The Balaban J connectivity index is 2.12. The summed E-state index contributed by atoms with van der Waals surface area (Å²) in [5.74, 6) is 0.360. The van der Waals surface area contributed by atoms with Gasteiger partial charge in [-0.25, -0.2) is 0 Å². The van der Waals surface area contributed by atoms with Crippen LogP contribution in [0.3, 0.4) is 0 Å². The predicted octanol–water partition coefficient (Wildman–Crippen LogP) is 3.21. The average Bonchev–Trinajstić information content (AvgIpc) is 3.00. The molecule has 2 aromatic carbocycles. The van der Waals surface area contributed by atoms with Crippen LogP contribution in [0.25, 0.3) is 17.1 Å². The largest absolute Gasteiger partial charge is 0.369 e. The van der Waals surface area contributed by atoms with Crippen LogP contribution in [0, 0.1) is 6.92 Å². The first-order valence-electron chi connectivity index (χ1n) is 7.60. The number of aromatic nitrogens is 3. The van der Waals surface area contributed by atoms with Gasteiger partial charge in [0.25, 0.3) is 0 Å². The van der Waals surface area contributed by atoms with E-state index in [1.807, 2.05) is 66.1 Å². The van der Waals surface area contributed by atoms with E-state index in [0.717, 1.165) is 17.1 Å². The van der Waals surface area contributed by atoms with E-state index in [9.17, 15) is 4.79 Å². The van der Waals surface area contributed by atoms with Gasteiger partial charge < -0.3 is 5.73 Å². The molecule has 1 atom stereocenters. The number of aryl methyl sites for hydroxylation is 1. The average molecular weight is 338 g/mol. The highest BCUT2D eigenvalue weighted by atomic mass is 32.2. The molecule has 1 heterocycles. The Bertz CT molecular complexity index is 843. The summed E-state index contributed by atoms with van der Waals surface area (Å²) >= 11 is 1.31. The molecule has 3 aromatic rings. The van der Waals surface area contributed by atoms with Crippen LogP contribution in [0.5, 0.6) is 0 Å². The first-order valence-corrected chi connectivity index (χ1v) is 8.48. The zero-order chi connectivity index (χ0) is 17.1. The molecule has 24 heavy (non-hydrogen) atoms. The number of primary amides is 1. The molecule has 1 amide bonds. The molecule has 122 valence electrons. The van der Waals surface area contributed by atoms with Crippen molar-refractivity contribution in [3.63, 3.8) is 0 Å². The molecule has 0 aliphatic heterocycles. The van der Waals surface area contributed by atoms with E-state index in [4.69, 9.17) is 5.73 Å². The molecule has 0 bridgehead atoms. The van der Waals surface area contributed by atoms with Crippen molar-refractivity contribution in [3.8, 4) is 17.1 Å². The van der Waals surface area contributed by atoms with E-state index >= 15 is 0 Å². The molecule has 5 nitrogen and oxygen atoms in total. The topological polar surface area (TPSA) is 73.8 Å². The van der Waals surface area contributed by atoms with Crippen molar-refractivity contribution < 1.29 is 4.79 Å². The van der Waals surface area contributed by atoms with Crippen LogP contribution in [0.4, 0.5) is 0 Å². The monoisotopic (exact) mass is 338 g/mol. The number of thioether (sulfide) groups is 1. The fourth-order valence-electron chi connectivity index (χ4n) is 2.26. The number of nitrogens with zero attached hydrogens (tertiary/aromatic N) is 3. The molecule has 1 aromatic heterocycles. The molecule has 0 fully saturated rings. The molecule has 0 radical (unpaired) electrons. The van der Waals surface area contributed by atoms with Crippen LogP contribution in [-0.4, -0.2) is 25.9 Å². The van der Waals surface area contributed by atoms with Crippen LogP contribution >= 0.6 is 11.8 Å². The summed E-state index contributed by atoms with van der Waals surface area (Å²) in [6.07, 6.45) is 0. The van der Waals surface area contributed by atoms with Crippen molar-refractivity contribution in [3.05, 3.63) is 60.2 Å². The third-order valence-electron chi connectivity index (χ3n) is 3.64. The number of hydrogen-bond donors (Lipinski definition) is 1. The van der Waals surface area contributed by atoms with Crippen LogP contribution in [-0.2, 0) is 4.79 Å². The van der Waals surface area contributed by atoms with Gasteiger partial charge in [0.1, 0.15) is 0 Å². The second kappa shape index (κ2) is 6.88. The molecule has 3 rings (SSSR count). The van der Waals surface area contributed by atoms with E-state index in [2.05, 4.69) is 10.2 Å². The molecular weight excluding hydrogens is 320 g/mol. The summed E-state index contributed by atoms with van der Waals surface area (Å²) in [6.45, 7) is 3.81. The number of benzene rings is 2. The summed E-state index contributed by atoms with van der Waals surface area (Å²) in [6, 6.07) is 18.0. The van der Waals surface area contributed by atoms with Gasteiger partial charge in [0.2, 0.25) is 5.91 Å². The lowest BCUT2D eigenvalue weighted by atomic mass is 10.2. The molecule has 6 heteroatoms. The normalized spacial score (nSPS) is 12.1. The summed E-state index contributed by atoms with van der Waals surface area (Å²) in [5.41, 5.74) is 8.48. The molecule has 2 N–H and O–H groups in total. The third kappa shape index (κ3) is 3.33. The van der Waals surface area contributed by atoms with Gasteiger partial charge in [-0.15, -0.1) is 10.2 Å². The minimum absolute atomic E-state index is 0.375. The molecule has 0 unspecified atom stereocenters. The quantitative estimate of drug-likeness (QED) is 0.725. The highest BCUT2D eigenvalue weighted by molar-refractivity contribution is 8.00. The third-order valence-corrected chi connectivity index (χ3v) is 4.70. The number of amides is 1. The van der Waals surface area contributed by atoms with Crippen molar-refractivity contribution in [2.45, 2.75) is 24.3 Å². The smallest absolute Gasteiger partial charge is 0.230 e. The van der Waals surface area contributed by atoms with Crippen molar-refractivity contribution >= 4 is 17.7 Å². The van der Waals surface area contributed by atoms with Crippen LogP contribution in [0.15, 0.2) is 59.8 Å². The maximum Gasteiger partial charge on any atom is 0.230 e. The van der Waals surface area contributed by atoms with Gasteiger partial charge in [-0.05, 0) is 26.0 Å². The minimum atomic E-state index is -0.387. The maximum atomic E-state index is 11.4. The fraction of sp³-hybridized carbons (Fsp3) is 0.167. The predicted molar refractivity (Wildman–Crippen MR) is 96.0 cm³/mol. The lowest BCUT2D eigenvalue weighted by molar-refractivity contribution is -0.117. The zero-order valence-electron chi connectivity index (χ0n) is 13.5. The van der Waals surface area contributed by atoms with E-state index in [1.54, 1.807) is 6.92 Å². The van der Waals surface area contributed by atoms with Gasteiger partial charge in [0.05, 0.1) is 5.25 Å². The fourth-order valence-corrected chi connectivity index (χ4v) is 3.08. The highest BCUT2D eigenvalue weighted by Crippen LogP contribution is 2.30. The Hall–Kier alpha value is -2.60. The maximum absolute atomic E-state index is 11.4. The zero-order valence-corrected chi connectivity index (χ0v) is 14.3. The van der Waals surface area contributed by atoms with Crippen LogP contribution in [0.1, 0.15) is 12.5 Å². The van der Waals surface area contributed by atoms with E-state index in [-0.39, 0.29) is 11.2 Å². The van der Waals surface area contributed by atoms with E-state index in [0.29, 0.717) is 5.16 Å². The minimum Gasteiger partial charge on any atom is -0.369 e. The van der Waals surface area contributed by atoms with E-state index in [1.165, 1.54) is 17.3 Å². The molecule has 0 saturated carbocycles. The number of rotatable bonds is 5. The Kier molecular flexibility index (Phi) is 4.66. The molecule has 0 saturated heterocycles. The van der Waals surface area contributed by atoms with Gasteiger partial charge >= 0.3 is 0 Å². The summed E-state index contributed by atoms with van der Waals surface area (Å²) in [5, 5.41) is 8.88. The van der Waals surface area contributed by atoms with Crippen LogP contribution in [0.2, 0.25) is 0 Å². The lowest BCUT2D eigenvalue weighted by Gasteiger charge is -2.12. The second-order valence-corrected chi connectivity index (χ2v) is 6.81. The highest BCUT2D eigenvalue weighted by Gasteiger charge is 2.20. The van der Waals surface area contributed by atoms with Crippen molar-refractivity contribution in [1.82, 2.24) is 14.8 Å². The molecule has 0 aliphatic rings. The van der Waals surface area contributed by atoms with Crippen molar-refractivity contribution in [1.29, 1.82) is 0 Å². The Morgan fingerprint density at radius 2 is 1.75 bits per heavy atom. The van der Waals surface area contributed by atoms with Gasteiger partial charge in [-0.3, -0.25) is 9.36 Å². The van der Waals surface area contributed by atoms with Gasteiger partial charge in [0, 0.05) is 11.3 Å². The second-order valence-electron chi connectivity index (χ2n) is 5.51. The van der Waals surface area contributed by atoms with Crippen molar-refractivity contribution in [2.24, 2.45) is 5.73 Å². The Morgan fingerprint density at radius 3 is 2.38 bits per heavy atom. The summed E-state index contributed by atoms with van der Waals surface area (Å²) < 4.78 is 1.96. The standard InChI is InChI=1S/C18H18N4OS/c1-12-8-10-15(11-9-12)22-17(14-6-4-3-5-7-14)20-21-18(22)24-13(2)16(19)23/h3-11,13H,1-2H3,(H2,19,23)/t13-/m1/s1. The molecule has 0 spiro atoms. The number of carbonyl (C=O) groups is 1. The van der Waals surface area contributed by atoms with E-state index < -0.39 is 0 Å². The summed E-state index contributed by atoms with van der Waals surface area (Å²) in [4.78, 5) is 11.4. The first kappa shape index (κ1) is 16.3. The molecular formula is C18H18N4OS. The Morgan fingerprint density at radius 1 is 1.08 bits per heavy atom. The van der Waals surface area contributed by atoms with Crippen LogP contribution < -0.4 is 5.73 Å².